The van der Waals surface area contributed by atoms with Crippen molar-refractivity contribution in [3.63, 3.8) is 0 Å². The highest BCUT2D eigenvalue weighted by Gasteiger charge is 2.11. The fourth-order valence-corrected chi connectivity index (χ4v) is 1.24. The van der Waals surface area contributed by atoms with E-state index in [1.165, 1.54) is 0 Å². The molecule has 2 heterocycles. The molecule has 4 N–H and O–H groups in total. The predicted molar refractivity (Wildman–Crippen MR) is 47.9 cm³/mol. The van der Waals surface area contributed by atoms with Gasteiger partial charge in [-0.15, -0.1) is 0 Å². The molecule has 2 aromatic rings. The van der Waals surface area contributed by atoms with Crippen LogP contribution in [0.1, 0.15) is 11.8 Å². The van der Waals surface area contributed by atoms with Gasteiger partial charge >= 0.3 is 0 Å². The molecular formula is C8H10N4O. The number of nitrogens with zero attached hydrogens (tertiary/aromatic N) is 2. The first-order valence-corrected chi connectivity index (χ1v) is 3.99. The van der Waals surface area contributed by atoms with Crippen molar-refractivity contribution in [3.05, 3.63) is 24.2 Å². The Morgan fingerprint density at radius 3 is 3.23 bits per heavy atom. The highest BCUT2D eigenvalue weighted by molar-refractivity contribution is 5.80. The van der Waals surface area contributed by atoms with Crippen molar-refractivity contribution in [3.8, 4) is 0 Å². The molecule has 0 aliphatic carbocycles. The van der Waals surface area contributed by atoms with Gasteiger partial charge in [0.15, 0.2) is 0 Å². The molecule has 0 amide bonds. The third-order valence-corrected chi connectivity index (χ3v) is 1.94. The van der Waals surface area contributed by atoms with Crippen LogP contribution in [0.3, 0.4) is 0 Å². The zero-order chi connectivity index (χ0) is 9.26. The Balaban J connectivity index is 2.57. The zero-order valence-corrected chi connectivity index (χ0v) is 6.94. The molecule has 0 radical (unpaired) electrons. The summed E-state index contributed by atoms with van der Waals surface area (Å²) in [7, 11) is 0. The maximum atomic E-state index is 9.49. The molecule has 0 saturated heterocycles. The van der Waals surface area contributed by atoms with Crippen molar-refractivity contribution in [2.24, 2.45) is 5.73 Å². The number of aliphatic hydroxyl groups is 1. The molecule has 0 fully saturated rings. The van der Waals surface area contributed by atoms with E-state index in [9.17, 15) is 5.11 Å². The van der Waals surface area contributed by atoms with Crippen LogP contribution >= 0.6 is 0 Å². The molecule has 5 heteroatoms. The van der Waals surface area contributed by atoms with Gasteiger partial charge in [-0.1, -0.05) is 0 Å². The van der Waals surface area contributed by atoms with Crippen LogP contribution in [0.2, 0.25) is 0 Å². The van der Waals surface area contributed by atoms with E-state index in [-0.39, 0.29) is 6.54 Å². The summed E-state index contributed by atoms with van der Waals surface area (Å²) in [6, 6.07) is 1.78. The normalized spacial score (nSPS) is 13.4. The molecule has 1 unspecified atom stereocenters. The number of aromatic amines is 1. The lowest BCUT2D eigenvalue weighted by atomic mass is 10.2. The van der Waals surface area contributed by atoms with Gasteiger partial charge in [0.25, 0.3) is 0 Å². The average Bonchev–Trinajstić information content (AvgIpc) is 2.60. The van der Waals surface area contributed by atoms with Gasteiger partial charge in [-0.05, 0) is 6.07 Å². The molecule has 2 rings (SSSR count). The molecule has 1 atom stereocenters. The van der Waals surface area contributed by atoms with E-state index in [0.717, 1.165) is 10.9 Å². The minimum Gasteiger partial charge on any atom is -0.385 e. The SMILES string of the molecule is NCC(O)c1[nH]nc2ccncc12. The maximum absolute atomic E-state index is 9.49. The van der Waals surface area contributed by atoms with Crippen molar-refractivity contribution < 1.29 is 5.11 Å². The summed E-state index contributed by atoms with van der Waals surface area (Å²) < 4.78 is 0. The van der Waals surface area contributed by atoms with E-state index >= 15 is 0 Å². The van der Waals surface area contributed by atoms with Gasteiger partial charge < -0.3 is 10.8 Å². The summed E-state index contributed by atoms with van der Waals surface area (Å²) in [6.45, 7) is 0.173. The molecule has 0 aliphatic rings. The second-order valence-corrected chi connectivity index (χ2v) is 2.78. The molecule has 0 bridgehead atoms. The van der Waals surface area contributed by atoms with Crippen molar-refractivity contribution in [2.75, 3.05) is 6.54 Å². The Hall–Kier alpha value is -1.46. The Labute approximate surface area is 74.6 Å². The van der Waals surface area contributed by atoms with Crippen LogP contribution in [-0.2, 0) is 0 Å². The smallest absolute Gasteiger partial charge is 0.108 e. The van der Waals surface area contributed by atoms with E-state index in [2.05, 4.69) is 15.2 Å². The van der Waals surface area contributed by atoms with Crippen molar-refractivity contribution >= 4 is 10.9 Å². The van der Waals surface area contributed by atoms with Crippen molar-refractivity contribution in [1.82, 2.24) is 15.2 Å². The lowest BCUT2D eigenvalue weighted by Gasteiger charge is -2.03. The highest BCUT2D eigenvalue weighted by atomic mass is 16.3. The quantitative estimate of drug-likeness (QED) is 0.601. The first kappa shape index (κ1) is 8.15. The van der Waals surface area contributed by atoms with Gasteiger partial charge in [0.05, 0.1) is 11.2 Å². The summed E-state index contributed by atoms with van der Waals surface area (Å²) >= 11 is 0. The number of aromatic nitrogens is 3. The molecule has 68 valence electrons. The zero-order valence-electron chi connectivity index (χ0n) is 6.94. The summed E-state index contributed by atoms with van der Waals surface area (Å²) in [5.74, 6) is 0. The molecule has 0 aromatic carbocycles. The van der Waals surface area contributed by atoms with Gasteiger partial charge in [0.1, 0.15) is 6.10 Å². The van der Waals surface area contributed by atoms with E-state index < -0.39 is 6.10 Å². The number of pyridine rings is 1. The minimum absolute atomic E-state index is 0.173. The van der Waals surface area contributed by atoms with Crippen LogP contribution in [0, 0.1) is 0 Å². The average molecular weight is 178 g/mol. The number of nitrogens with two attached hydrogens (primary N) is 1. The largest absolute Gasteiger partial charge is 0.385 e. The second kappa shape index (κ2) is 3.12. The fraction of sp³-hybridized carbons (Fsp3) is 0.250. The molecule has 0 aliphatic heterocycles. The van der Waals surface area contributed by atoms with Crippen molar-refractivity contribution in [2.45, 2.75) is 6.10 Å². The standard InChI is InChI=1S/C8H10N4O/c9-3-7(13)8-5-4-10-2-1-6(5)11-12-8/h1-2,4,7,13H,3,9H2,(H,11,12). The van der Waals surface area contributed by atoms with Crippen LogP contribution in [0.25, 0.3) is 10.9 Å². The third-order valence-electron chi connectivity index (χ3n) is 1.94. The fourth-order valence-electron chi connectivity index (χ4n) is 1.24. The summed E-state index contributed by atoms with van der Waals surface area (Å²) in [5, 5.41) is 17.1. The van der Waals surface area contributed by atoms with Gasteiger partial charge in [0.2, 0.25) is 0 Å². The van der Waals surface area contributed by atoms with Gasteiger partial charge in [-0.2, -0.15) is 5.10 Å². The number of fused-ring (bicyclic) bond motifs is 1. The number of aliphatic hydroxyl groups excluding tert-OH is 1. The van der Waals surface area contributed by atoms with Crippen molar-refractivity contribution in [1.29, 1.82) is 0 Å². The maximum Gasteiger partial charge on any atom is 0.108 e. The Bertz CT molecular complexity index is 411. The van der Waals surface area contributed by atoms with E-state index in [4.69, 9.17) is 5.73 Å². The molecule has 0 spiro atoms. The number of hydrogen-bond acceptors (Lipinski definition) is 4. The molecule has 5 nitrogen and oxygen atoms in total. The predicted octanol–water partition coefficient (Wildman–Crippen LogP) is -0.0500. The monoisotopic (exact) mass is 178 g/mol. The van der Waals surface area contributed by atoms with Gasteiger partial charge in [-0.3, -0.25) is 10.1 Å². The summed E-state index contributed by atoms with van der Waals surface area (Å²) in [6.07, 6.45) is 2.61. The lowest BCUT2D eigenvalue weighted by Crippen LogP contribution is -2.12. The molecule has 13 heavy (non-hydrogen) atoms. The van der Waals surface area contributed by atoms with Crippen LogP contribution in [0.4, 0.5) is 0 Å². The van der Waals surface area contributed by atoms with Crippen LogP contribution in [0.5, 0.6) is 0 Å². The highest BCUT2D eigenvalue weighted by Crippen LogP contribution is 2.19. The Morgan fingerprint density at radius 1 is 1.62 bits per heavy atom. The van der Waals surface area contributed by atoms with Gasteiger partial charge in [-0.25, -0.2) is 0 Å². The number of hydrogen-bond donors (Lipinski definition) is 3. The molecular weight excluding hydrogens is 168 g/mol. The van der Waals surface area contributed by atoms with E-state index in [1.807, 2.05) is 0 Å². The molecule has 2 aromatic heterocycles. The number of nitrogens with one attached hydrogen (secondary N) is 1. The first-order chi connectivity index (χ1) is 6.33. The topological polar surface area (TPSA) is 87.8 Å². The molecule has 0 saturated carbocycles. The second-order valence-electron chi connectivity index (χ2n) is 2.78. The van der Waals surface area contributed by atoms with Crippen LogP contribution in [0.15, 0.2) is 18.5 Å². The van der Waals surface area contributed by atoms with Gasteiger partial charge in [0, 0.05) is 24.3 Å². The van der Waals surface area contributed by atoms with Crippen LogP contribution < -0.4 is 5.73 Å². The minimum atomic E-state index is -0.700. The lowest BCUT2D eigenvalue weighted by molar-refractivity contribution is 0.183. The Morgan fingerprint density at radius 2 is 2.46 bits per heavy atom. The van der Waals surface area contributed by atoms with E-state index in [0.29, 0.717) is 5.69 Å². The summed E-state index contributed by atoms with van der Waals surface area (Å²) in [5.41, 5.74) is 6.76. The first-order valence-electron chi connectivity index (χ1n) is 3.99. The number of H-pyrrole nitrogens is 1. The third kappa shape index (κ3) is 1.28. The summed E-state index contributed by atoms with van der Waals surface area (Å²) in [4.78, 5) is 3.95. The Kier molecular flexibility index (Phi) is 1.96. The van der Waals surface area contributed by atoms with E-state index in [1.54, 1.807) is 18.5 Å². The van der Waals surface area contributed by atoms with Crippen LogP contribution in [-0.4, -0.2) is 26.8 Å². The number of rotatable bonds is 2.